The highest BCUT2D eigenvalue weighted by atomic mass is 32.2. The van der Waals surface area contributed by atoms with Gasteiger partial charge in [0.25, 0.3) is 0 Å². The molecular formula is C14H22N4O2S. The number of hydrogen-bond acceptors (Lipinski definition) is 5. The molecule has 0 spiro atoms. The van der Waals surface area contributed by atoms with Crippen molar-refractivity contribution >= 4 is 15.8 Å². The zero-order valence-corrected chi connectivity index (χ0v) is 13.4. The Morgan fingerprint density at radius 3 is 2.81 bits per heavy atom. The predicted octanol–water partition coefficient (Wildman–Crippen LogP) is 0.225. The second-order valence-corrected chi connectivity index (χ2v) is 8.07. The molecule has 0 atom stereocenters. The molecule has 21 heavy (non-hydrogen) atoms. The molecule has 0 radical (unpaired) electrons. The lowest BCUT2D eigenvalue weighted by molar-refractivity contribution is 0.132. The van der Waals surface area contributed by atoms with Gasteiger partial charge < -0.3 is 4.90 Å². The molecule has 116 valence electrons. The lowest BCUT2D eigenvalue weighted by Crippen LogP contribution is -2.53. The van der Waals surface area contributed by atoms with Crippen molar-refractivity contribution in [2.45, 2.75) is 6.54 Å². The first-order chi connectivity index (χ1) is 9.93. The number of aromatic nitrogens is 1. The second kappa shape index (κ2) is 5.55. The van der Waals surface area contributed by atoms with E-state index in [0.29, 0.717) is 19.0 Å². The first-order valence-corrected chi connectivity index (χ1v) is 9.11. The molecule has 0 aliphatic carbocycles. The Morgan fingerprint density at radius 1 is 1.33 bits per heavy atom. The van der Waals surface area contributed by atoms with Gasteiger partial charge in [0.1, 0.15) is 5.82 Å². The van der Waals surface area contributed by atoms with Crippen molar-refractivity contribution in [1.82, 2.24) is 14.2 Å². The van der Waals surface area contributed by atoms with E-state index < -0.39 is 10.0 Å². The quantitative estimate of drug-likeness (QED) is 0.800. The van der Waals surface area contributed by atoms with Crippen molar-refractivity contribution in [2.24, 2.45) is 5.92 Å². The lowest BCUT2D eigenvalue weighted by atomic mass is 10.0. The van der Waals surface area contributed by atoms with Crippen molar-refractivity contribution < 1.29 is 8.42 Å². The highest BCUT2D eigenvalue weighted by molar-refractivity contribution is 7.88. The molecule has 1 saturated heterocycles. The Labute approximate surface area is 126 Å². The van der Waals surface area contributed by atoms with Gasteiger partial charge in [-0.3, -0.25) is 4.90 Å². The fourth-order valence-electron chi connectivity index (χ4n) is 3.04. The van der Waals surface area contributed by atoms with Crippen LogP contribution in [0.15, 0.2) is 18.3 Å². The van der Waals surface area contributed by atoms with Gasteiger partial charge in [0.15, 0.2) is 0 Å². The molecule has 0 aromatic carbocycles. The Balaban J connectivity index is 1.61. The minimum Gasteiger partial charge on any atom is -0.358 e. The fourth-order valence-corrected chi connectivity index (χ4v) is 4.01. The van der Waals surface area contributed by atoms with Crippen LogP contribution in [0.5, 0.6) is 0 Å². The van der Waals surface area contributed by atoms with Crippen LogP contribution >= 0.6 is 0 Å². The maximum atomic E-state index is 11.4. The molecule has 2 aliphatic heterocycles. The van der Waals surface area contributed by atoms with Gasteiger partial charge in [-0.2, -0.15) is 0 Å². The summed E-state index contributed by atoms with van der Waals surface area (Å²) in [5.74, 6) is 1.51. The summed E-state index contributed by atoms with van der Waals surface area (Å²) >= 11 is 0. The third-order valence-corrected chi connectivity index (χ3v) is 5.52. The van der Waals surface area contributed by atoms with Crippen LogP contribution in [-0.4, -0.2) is 68.6 Å². The van der Waals surface area contributed by atoms with Gasteiger partial charge in [-0.15, -0.1) is 0 Å². The predicted molar refractivity (Wildman–Crippen MR) is 82.7 cm³/mol. The standard InChI is InChI=1S/C14H22N4O2S/c1-16-6-7-17(11-13-4-3-5-15-14(13)16)8-12-9-18(10-12)21(2,19)20/h3-5,12H,6-11H2,1-2H3. The first-order valence-electron chi connectivity index (χ1n) is 7.26. The molecule has 6 nitrogen and oxygen atoms in total. The average Bonchev–Trinajstić information content (AvgIpc) is 2.52. The summed E-state index contributed by atoms with van der Waals surface area (Å²) in [6, 6.07) is 4.10. The molecule has 1 aromatic rings. The van der Waals surface area contributed by atoms with Gasteiger partial charge in [0, 0.05) is 58.1 Å². The minimum absolute atomic E-state index is 0.447. The molecule has 2 aliphatic rings. The van der Waals surface area contributed by atoms with Crippen LogP contribution in [0.3, 0.4) is 0 Å². The van der Waals surface area contributed by atoms with Crippen molar-refractivity contribution in [3.8, 4) is 0 Å². The van der Waals surface area contributed by atoms with E-state index in [0.717, 1.165) is 32.0 Å². The van der Waals surface area contributed by atoms with Crippen LogP contribution in [0, 0.1) is 5.92 Å². The minimum atomic E-state index is -3.01. The summed E-state index contributed by atoms with van der Waals surface area (Å²) in [5.41, 5.74) is 1.25. The second-order valence-electron chi connectivity index (χ2n) is 6.09. The zero-order valence-electron chi connectivity index (χ0n) is 12.6. The highest BCUT2D eigenvalue weighted by Crippen LogP contribution is 2.24. The van der Waals surface area contributed by atoms with Crippen LogP contribution in [0.1, 0.15) is 5.56 Å². The van der Waals surface area contributed by atoms with Crippen molar-refractivity contribution in [3.05, 3.63) is 23.9 Å². The summed E-state index contributed by atoms with van der Waals surface area (Å²) in [6.07, 6.45) is 3.12. The molecule has 1 aromatic heterocycles. The SMILES string of the molecule is CN1CCN(CC2CN(S(C)(=O)=O)C2)Cc2cccnc21. The largest absolute Gasteiger partial charge is 0.358 e. The van der Waals surface area contributed by atoms with Crippen LogP contribution < -0.4 is 4.90 Å². The summed E-state index contributed by atoms with van der Waals surface area (Å²) in [6.45, 7) is 5.10. The lowest BCUT2D eigenvalue weighted by Gasteiger charge is -2.39. The normalized spacial score (nSPS) is 21.7. The molecular weight excluding hydrogens is 288 g/mol. The first kappa shape index (κ1) is 14.7. The number of hydrogen-bond donors (Lipinski definition) is 0. The third kappa shape index (κ3) is 3.20. The van der Waals surface area contributed by atoms with Crippen molar-refractivity contribution in [1.29, 1.82) is 0 Å². The number of rotatable bonds is 3. The topological polar surface area (TPSA) is 56.8 Å². The number of fused-ring (bicyclic) bond motifs is 1. The third-order valence-electron chi connectivity index (χ3n) is 4.28. The van der Waals surface area contributed by atoms with E-state index in [1.807, 2.05) is 12.3 Å². The van der Waals surface area contributed by atoms with E-state index in [2.05, 4.69) is 27.9 Å². The van der Waals surface area contributed by atoms with Crippen LogP contribution in [0.4, 0.5) is 5.82 Å². The number of sulfonamides is 1. The monoisotopic (exact) mass is 310 g/mol. The van der Waals surface area contributed by atoms with Gasteiger partial charge >= 0.3 is 0 Å². The molecule has 0 unspecified atom stereocenters. The van der Waals surface area contributed by atoms with Crippen molar-refractivity contribution in [2.75, 3.05) is 50.9 Å². The average molecular weight is 310 g/mol. The van der Waals surface area contributed by atoms with E-state index in [4.69, 9.17) is 0 Å². The fraction of sp³-hybridized carbons (Fsp3) is 0.643. The number of likely N-dealkylation sites (N-methyl/N-ethyl adjacent to an activating group) is 1. The smallest absolute Gasteiger partial charge is 0.211 e. The van der Waals surface area contributed by atoms with E-state index in [-0.39, 0.29) is 0 Å². The van der Waals surface area contributed by atoms with E-state index >= 15 is 0 Å². The summed E-state index contributed by atoms with van der Waals surface area (Å²) in [7, 11) is -0.934. The van der Waals surface area contributed by atoms with Crippen molar-refractivity contribution in [3.63, 3.8) is 0 Å². The van der Waals surface area contributed by atoms with Gasteiger partial charge in [0.05, 0.1) is 6.26 Å². The molecule has 1 fully saturated rings. The van der Waals surface area contributed by atoms with Gasteiger partial charge in [0.2, 0.25) is 10.0 Å². The van der Waals surface area contributed by atoms with E-state index in [1.165, 1.54) is 11.8 Å². The Kier molecular flexibility index (Phi) is 3.90. The van der Waals surface area contributed by atoms with Gasteiger partial charge in [-0.1, -0.05) is 6.07 Å². The zero-order chi connectivity index (χ0) is 15.0. The summed E-state index contributed by atoms with van der Waals surface area (Å²) in [5, 5.41) is 0. The molecule has 0 saturated carbocycles. The van der Waals surface area contributed by atoms with E-state index in [1.54, 1.807) is 4.31 Å². The van der Waals surface area contributed by atoms with Crippen LogP contribution in [0.2, 0.25) is 0 Å². The molecule has 7 heteroatoms. The Hall–Kier alpha value is -1.18. The molecule has 3 rings (SSSR count). The number of anilines is 1. The van der Waals surface area contributed by atoms with E-state index in [9.17, 15) is 8.42 Å². The van der Waals surface area contributed by atoms with Gasteiger partial charge in [-0.25, -0.2) is 17.7 Å². The Bertz CT molecular complexity index is 613. The maximum Gasteiger partial charge on any atom is 0.211 e. The molecule has 0 amide bonds. The Morgan fingerprint density at radius 2 is 2.10 bits per heavy atom. The number of pyridine rings is 1. The number of nitrogens with zero attached hydrogens (tertiary/aromatic N) is 4. The molecule has 3 heterocycles. The van der Waals surface area contributed by atoms with Crippen LogP contribution in [0.25, 0.3) is 0 Å². The molecule has 0 N–H and O–H groups in total. The highest BCUT2D eigenvalue weighted by Gasteiger charge is 2.34. The maximum absolute atomic E-state index is 11.4. The van der Waals surface area contributed by atoms with Crippen LogP contribution in [-0.2, 0) is 16.6 Å². The summed E-state index contributed by atoms with van der Waals surface area (Å²) < 4.78 is 24.4. The van der Waals surface area contributed by atoms with Gasteiger partial charge in [-0.05, 0) is 12.0 Å². The molecule has 0 bridgehead atoms. The summed E-state index contributed by atoms with van der Waals surface area (Å²) in [4.78, 5) is 9.07.